The van der Waals surface area contributed by atoms with Crippen LogP contribution in [0.3, 0.4) is 0 Å². The predicted octanol–water partition coefficient (Wildman–Crippen LogP) is 3.17. The summed E-state index contributed by atoms with van der Waals surface area (Å²) in [7, 11) is 0. The Morgan fingerprint density at radius 1 is 1.41 bits per heavy atom. The van der Waals surface area contributed by atoms with Crippen LogP contribution in [0.15, 0.2) is 18.3 Å². The van der Waals surface area contributed by atoms with E-state index in [0.717, 1.165) is 6.07 Å². The molecule has 0 aliphatic heterocycles. The molecule has 0 spiro atoms. The maximum atomic E-state index is 12.7. The molecule has 0 aliphatic carbocycles. The average molecular weight is 242 g/mol. The SMILES string of the molecule is C#CC(Nc1ncccc1C(F)(F)F)C(C)C. The summed E-state index contributed by atoms with van der Waals surface area (Å²) in [6, 6.07) is 1.74. The number of anilines is 1. The van der Waals surface area contributed by atoms with Crippen LogP contribution in [0.1, 0.15) is 19.4 Å². The molecule has 2 nitrogen and oxygen atoms in total. The van der Waals surface area contributed by atoms with E-state index in [0.29, 0.717) is 0 Å². The van der Waals surface area contributed by atoms with Gasteiger partial charge in [-0.15, -0.1) is 6.42 Å². The quantitative estimate of drug-likeness (QED) is 0.823. The van der Waals surface area contributed by atoms with Gasteiger partial charge in [-0.2, -0.15) is 13.2 Å². The molecule has 0 bridgehead atoms. The van der Waals surface area contributed by atoms with E-state index in [1.165, 1.54) is 12.3 Å². The zero-order valence-corrected chi connectivity index (χ0v) is 9.55. The Morgan fingerprint density at radius 2 is 2.06 bits per heavy atom. The van der Waals surface area contributed by atoms with Gasteiger partial charge in [0, 0.05) is 6.20 Å². The van der Waals surface area contributed by atoms with Gasteiger partial charge in [0.1, 0.15) is 5.82 Å². The summed E-state index contributed by atoms with van der Waals surface area (Å²) in [5.41, 5.74) is -0.805. The maximum Gasteiger partial charge on any atom is 0.419 e. The standard InChI is InChI=1S/C12H13F3N2/c1-4-10(8(2)3)17-11-9(12(13,14)15)6-5-7-16-11/h1,5-8,10H,2-3H3,(H,16,17). The summed E-state index contributed by atoms with van der Waals surface area (Å²) < 4.78 is 38.0. The van der Waals surface area contributed by atoms with Gasteiger partial charge in [0.2, 0.25) is 0 Å². The highest BCUT2D eigenvalue weighted by Gasteiger charge is 2.34. The van der Waals surface area contributed by atoms with Crippen LogP contribution in [0.2, 0.25) is 0 Å². The first-order valence-electron chi connectivity index (χ1n) is 5.11. The van der Waals surface area contributed by atoms with Crippen LogP contribution in [0.25, 0.3) is 0 Å². The Kier molecular flexibility index (Phi) is 4.00. The van der Waals surface area contributed by atoms with E-state index in [1.807, 2.05) is 13.8 Å². The second-order valence-electron chi connectivity index (χ2n) is 3.93. The first-order chi connectivity index (χ1) is 7.86. The predicted molar refractivity (Wildman–Crippen MR) is 60.3 cm³/mol. The van der Waals surface area contributed by atoms with Gasteiger partial charge in [-0.05, 0) is 18.1 Å². The van der Waals surface area contributed by atoms with Crippen LogP contribution in [-0.4, -0.2) is 11.0 Å². The van der Waals surface area contributed by atoms with Crippen LogP contribution in [0.4, 0.5) is 19.0 Å². The number of hydrogen-bond acceptors (Lipinski definition) is 2. The molecule has 1 N–H and O–H groups in total. The zero-order valence-electron chi connectivity index (χ0n) is 9.55. The van der Waals surface area contributed by atoms with E-state index in [4.69, 9.17) is 6.42 Å². The number of halogens is 3. The fourth-order valence-electron chi connectivity index (χ4n) is 1.30. The van der Waals surface area contributed by atoms with E-state index in [1.54, 1.807) is 0 Å². The molecule has 17 heavy (non-hydrogen) atoms. The van der Waals surface area contributed by atoms with Crippen molar-refractivity contribution in [2.75, 3.05) is 5.32 Å². The lowest BCUT2D eigenvalue weighted by Crippen LogP contribution is -2.26. The van der Waals surface area contributed by atoms with E-state index in [9.17, 15) is 13.2 Å². The summed E-state index contributed by atoms with van der Waals surface area (Å²) in [5, 5.41) is 2.64. The Bertz CT molecular complexity index is 418. The molecule has 0 aromatic carbocycles. The number of nitrogens with zero attached hydrogens (tertiary/aromatic N) is 1. The van der Waals surface area contributed by atoms with Crippen LogP contribution >= 0.6 is 0 Å². The zero-order chi connectivity index (χ0) is 13.1. The monoisotopic (exact) mass is 242 g/mol. The molecule has 92 valence electrons. The minimum absolute atomic E-state index is 0.0167. The molecular formula is C12H13F3N2. The molecule has 5 heteroatoms. The molecule has 1 atom stereocenters. The van der Waals surface area contributed by atoms with Gasteiger partial charge in [0.15, 0.2) is 0 Å². The fourth-order valence-corrected chi connectivity index (χ4v) is 1.30. The first-order valence-corrected chi connectivity index (χ1v) is 5.11. The molecule has 1 unspecified atom stereocenters. The molecule has 1 heterocycles. The number of terminal acetylenes is 1. The smallest absolute Gasteiger partial charge is 0.356 e. The molecule has 1 aromatic rings. The number of nitrogens with one attached hydrogen (secondary N) is 1. The summed E-state index contributed by atoms with van der Waals surface area (Å²) in [6.45, 7) is 3.65. The molecule has 0 radical (unpaired) electrons. The van der Waals surface area contributed by atoms with Crippen molar-refractivity contribution in [3.8, 4) is 12.3 Å². The summed E-state index contributed by atoms with van der Waals surface area (Å²) in [6.07, 6.45) is 2.12. The van der Waals surface area contributed by atoms with Crippen molar-refractivity contribution >= 4 is 5.82 Å². The third kappa shape index (κ3) is 3.38. The van der Waals surface area contributed by atoms with Gasteiger partial charge in [-0.1, -0.05) is 19.8 Å². The van der Waals surface area contributed by atoms with Crippen molar-refractivity contribution in [1.29, 1.82) is 0 Å². The van der Waals surface area contributed by atoms with Crippen LogP contribution in [0, 0.1) is 18.3 Å². The number of alkyl halides is 3. The topological polar surface area (TPSA) is 24.9 Å². The molecule has 0 aliphatic rings. The number of aromatic nitrogens is 1. The normalized spacial score (nSPS) is 13.2. The Labute approximate surface area is 98.3 Å². The maximum absolute atomic E-state index is 12.7. The Morgan fingerprint density at radius 3 is 2.53 bits per heavy atom. The molecular weight excluding hydrogens is 229 g/mol. The lowest BCUT2D eigenvalue weighted by atomic mass is 10.1. The Balaban J connectivity index is 3.03. The highest BCUT2D eigenvalue weighted by molar-refractivity contribution is 5.47. The van der Waals surface area contributed by atoms with Crippen molar-refractivity contribution in [2.45, 2.75) is 26.1 Å². The van der Waals surface area contributed by atoms with Gasteiger partial charge >= 0.3 is 6.18 Å². The molecule has 1 aromatic heterocycles. The summed E-state index contributed by atoms with van der Waals surface area (Å²) in [4.78, 5) is 3.69. The van der Waals surface area contributed by atoms with Gasteiger partial charge < -0.3 is 5.32 Å². The van der Waals surface area contributed by atoms with Gasteiger partial charge in [-0.3, -0.25) is 0 Å². The van der Waals surface area contributed by atoms with Crippen molar-refractivity contribution in [3.63, 3.8) is 0 Å². The number of rotatable bonds is 3. The van der Waals surface area contributed by atoms with Crippen molar-refractivity contribution in [3.05, 3.63) is 23.9 Å². The fraction of sp³-hybridized carbons (Fsp3) is 0.417. The van der Waals surface area contributed by atoms with E-state index in [2.05, 4.69) is 16.2 Å². The van der Waals surface area contributed by atoms with Crippen molar-refractivity contribution < 1.29 is 13.2 Å². The third-order valence-corrected chi connectivity index (χ3v) is 2.25. The molecule has 0 amide bonds. The number of hydrogen-bond donors (Lipinski definition) is 1. The van der Waals surface area contributed by atoms with E-state index < -0.39 is 17.8 Å². The van der Waals surface area contributed by atoms with Crippen LogP contribution in [0.5, 0.6) is 0 Å². The van der Waals surface area contributed by atoms with E-state index >= 15 is 0 Å². The van der Waals surface area contributed by atoms with Gasteiger partial charge in [0.05, 0.1) is 11.6 Å². The second kappa shape index (κ2) is 5.09. The summed E-state index contributed by atoms with van der Waals surface area (Å²) >= 11 is 0. The Hall–Kier alpha value is -1.70. The third-order valence-electron chi connectivity index (χ3n) is 2.25. The molecule has 0 fully saturated rings. The highest BCUT2D eigenvalue weighted by Crippen LogP contribution is 2.33. The second-order valence-corrected chi connectivity index (χ2v) is 3.93. The molecule has 0 saturated carbocycles. The average Bonchev–Trinajstić information content (AvgIpc) is 2.24. The van der Waals surface area contributed by atoms with Crippen LogP contribution < -0.4 is 5.32 Å². The van der Waals surface area contributed by atoms with Gasteiger partial charge in [0.25, 0.3) is 0 Å². The minimum atomic E-state index is -4.44. The van der Waals surface area contributed by atoms with Gasteiger partial charge in [-0.25, -0.2) is 4.98 Å². The van der Waals surface area contributed by atoms with Crippen molar-refractivity contribution in [2.24, 2.45) is 5.92 Å². The summed E-state index contributed by atoms with van der Waals surface area (Å²) in [5.74, 6) is 2.20. The molecule has 1 rings (SSSR count). The first kappa shape index (κ1) is 13.4. The van der Waals surface area contributed by atoms with Crippen LogP contribution in [-0.2, 0) is 6.18 Å². The lowest BCUT2D eigenvalue weighted by molar-refractivity contribution is -0.137. The number of pyridine rings is 1. The highest BCUT2D eigenvalue weighted by atomic mass is 19.4. The minimum Gasteiger partial charge on any atom is -0.356 e. The lowest BCUT2D eigenvalue weighted by Gasteiger charge is -2.20. The van der Waals surface area contributed by atoms with Crippen molar-refractivity contribution in [1.82, 2.24) is 4.98 Å². The molecule has 0 saturated heterocycles. The largest absolute Gasteiger partial charge is 0.419 e. The van der Waals surface area contributed by atoms with E-state index in [-0.39, 0.29) is 11.7 Å².